The fraction of sp³-hybridized carbons (Fsp3) is 0.429. The largest absolute Gasteiger partial charge is 0.466 e. The zero-order chi connectivity index (χ0) is 19.7. The molecular weight excluding hydrogens is 360 g/mol. The van der Waals surface area contributed by atoms with Crippen molar-refractivity contribution in [3.05, 3.63) is 46.9 Å². The molecule has 7 heteroatoms. The number of amides is 2. The number of nitrogens with zero attached hydrogens (tertiary/aromatic N) is 1. The van der Waals surface area contributed by atoms with Crippen LogP contribution in [-0.2, 0) is 11.3 Å². The average Bonchev–Trinajstić information content (AvgIpc) is 3.30. The lowest BCUT2D eigenvalue weighted by Crippen LogP contribution is -2.51. The van der Waals surface area contributed by atoms with Gasteiger partial charge in [0.15, 0.2) is 11.5 Å². The van der Waals surface area contributed by atoms with Gasteiger partial charge in [0.2, 0.25) is 12.7 Å². The minimum atomic E-state index is -0.468. The molecule has 1 atom stereocenters. The van der Waals surface area contributed by atoms with Gasteiger partial charge in [-0.2, -0.15) is 0 Å². The van der Waals surface area contributed by atoms with Gasteiger partial charge in [-0.15, -0.1) is 0 Å². The van der Waals surface area contributed by atoms with Crippen molar-refractivity contribution >= 4 is 11.8 Å². The lowest BCUT2D eigenvalue weighted by atomic mass is 10.00. The molecule has 2 amide bonds. The van der Waals surface area contributed by atoms with E-state index in [1.807, 2.05) is 25.1 Å². The summed E-state index contributed by atoms with van der Waals surface area (Å²) in [4.78, 5) is 27.5. The van der Waals surface area contributed by atoms with Crippen molar-refractivity contribution < 1.29 is 23.5 Å². The molecule has 1 saturated heterocycles. The first-order valence-electron chi connectivity index (χ1n) is 9.57. The Balaban J connectivity index is 1.44. The number of furan rings is 1. The summed E-state index contributed by atoms with van der Waals surface area (Å²) in [6.07, 6.45) is 2.48. The maximum atomic E-state index is 13.0. The topological polar surface area (TPSA) is 81.0 Å². The van der Waals surface area contributed by atoms with Gasteiger partial charge in [-0.3, -0.25) is 9.59 Å². The number of aryl methyl sites for hydroxylation is 2. The van der Waals surface area contributed by atoms with Crippen LogP contribution in [0.1, 0.15) is 46.7 Å². The molecule has 0 unspecified atom stereocenters. The Morgan fingerprint density at radius 3 is 2.75 bits per heavy atom. The summed E-state index contributed by atoms with van der Waals surface area (Å²) in [6.45, 7) is 4.76. The van der Waals surface area contributed by atoms with Gasteiger partial charge in [0.25, 0.3) is 5.91 Å². The first-order valence-corrected chi connectivity index (χ1v) is 9.57. The van der Waals surface area contributed by atoms with Crippen LogP contribution in [0.5, 0.6) is 11.5 Å². The van der Waals surface area contributed by atoms with E-state index in [1.54, 1.807) is 17.9 Å². The predicted molar refractivity (Wildman–Crippen MR) is 101 cm³/mol. The van der Waals surface area contributed by atoms with E-state index in [0.717, 1.165) is 18.4 Å². The molecule has 2 aliphatic rings. The van der Waals surface area contributed by atoms with Crippen LogP contribution in [0, 0.1) is 13.8 Å². The van der Waals surface area contributed by atoms with Crippen LogP contribution in [0.2, 0.25) is 0 Å². The molecule has 0 bridgehead atoms. The third-order valence-electron chi connectivity index (χ3n) is 5.24. The molecule has 2 aromatic rings. The van der Waals surface area contributed by atoms with Gasteiger partial charge in [-0.05, 0) is 56.9 Å². The van der Waals surface area contributed by atoms with Crippen molar-refractivity contribution in [1.29, 1.82) is 0 Å². The van der Waals surface area contributed by atoms with Crippen LogP contribution >= 0.6 is 0 Å². The van der Waals surface area contributed by atoms with E-state index in [4.69, 9.17) is 13.9 Å². The molecule has 28 heavy (non-hydrogen) atoms. The molecule has 3 heterocycles. The first kappa shape index (κ1) is 18.4. The standard InChI is InChI=1S/C21H24N2O5/c1-13-9-16(14(2)28-13)21(25)23-8-4-3-5-17(23)20(24)22-11-15-6-7-18-19(10-15)27-12-26-18/h6-7,9-10,17H,3-5,8,11-12H2,1-2H3,(H,22,24)/t17-/m0/s1. The average molecular weight is 384 g/mol. The van der Waals surface area contributed by atoms with Crippen LogP contribution in [0.15, 0.2) is 28.7 Å². The van der Waals surface area contributed by atoms with Crippen molar-refractivity contribution in [2.24, 2.45) is 0 Å². The number of piperidine rings is 1. The summed E-state index contributed by atoms with van der Waals surface area (Å²) in [5.41, 5.74) is 1.46. The molecule has 0 aliphatic carbocycles. The molecule has 0 radical (unpaired) electrons. The highest BCUT2D eigenvalue weighted by molar-refractivity contribution is 5.98. The van der Waals surface area contributed by atoms with Crippen molar-refractivity contribution in [1.82, 2.24) is 10.2 Å². The van der Waals surface area contributed by atoms with E-state index in [9.17, 15) is 9.59 Å². The number of hydrogen-bond acceptors (Lipinski definition) is 5. The van der Waals surface area contributed by atoms with Gasteiger partial charge in [0.05, 0.1) is 5.56 Å². The maximum Gasteiger partial charge on any atom is 0.258 e. The first-order chi connectivity index (χ1) is 13.5. The number of hydrogen-bond donors (Lipinski definition) is 1. The van der Waals surface area contributed by atoms with Crippen LogP contribution < -0.4 is 14.8 Å². The molecular formula is C21H24N2O5. The van der Waals surface area contributed by atoms with E-state index in [2.05, 4.69) is 5.32 Å². The summed E-state index contributed by atoms with van der Waals surface area (Å²) >= 11 is 0. The highest BCUT2D eigenvalue weighted by atomic mass is 16.7. The molecule has 4 rings (SSSR count). The zero-order valence-electron chi connectivity index (χ0n) is 16.1. The number of carbonyl (C=O) groups is 2. The van der Waals surface area contributed by atoms with Crippen molar-refractivity contribution in [2.75, 3.05) is 13.3 Å². The van der Waals surface area contributed by atoms with Crippen LogP contribution in [0.25, 0.3) is 0 Å². The highest BCUT2D eigenvalue weighted by Crippen LogP contribution is 2.32. The monoisotopic (exact) mass is 384 g/mol. The number of nitrogens with one attached hydrogen (secondary N) is 1. The van der Waals surface area contributed by atoms with Gasteiger partial charge >= 0.3 is 0 Å². The van der Waals surface area contributed by atoms with Crippen LogP contribution in [-0.4, -0.2) is 36.1 Å². The number of ether oxygens (including phenoxy) is 2. The van der Waals surface area contributed by atoms with E-state index in [0.29, 0.717) is 48.1 Å². The third kappa shape index (κ3) is 3.56. The molecule has 0 saturated carbocycles. The van der Waals surface area contributed by atoms with Crippen molar-refractivity contribution in [3.8, 4) is 11.5 Å². The van der Waals surface area contributed by atoms with Gasteiger partial charge < -0.3 is 24.1 Å². The van der Waals surface area contributed by atoms with Crippen LogP contribution in [0.3, 0.4) is 0 Å². The lowest BCUT2D eigenvalue weighted by Gasteiger charge is -2.34. The smallest absolute Gasteiger partial charge is 0.258 e. The summed E-state index contributed by atoms with van der Waals surface area (Å²) in [6, 6.07) is 6.88. The third-order valence-corrected chi connectivity index (χ3v) is 5.24. The molecule has 148 valence electrons. The van der Waals surface area contributed by atoms with Crippen molar-refractivity contribution in [3.63, 3.8) is 0 Å². The Morgan fingerprint density at radius 2 is 1.96 bits per heavy atom. The second-order valence-electron chi connectivity index (χ2n) is 7.24. The quantitative estimate of drug-likeness (QED) is 0.877. The van der Waals surface area contributed by atoms with E-state index in [1.165, 1.54) is 0 Å². The Bertz CT molecular complexity index is 904. The molecule has 1 aromatic carbocycles. The molecule has 0 spiro atoms. The fourth-order valence-electron chi connectivity index (χ4n) is 3.80. The summed E-state index contributed by atoms with van der Waals surface area (Å²) in [7, 11) is 0. The van der Waals surface area contributed by atoms with Gasteiger partial charge in [0, 0.05) is 13.1 Å². The Kier molecular flexibility index (Phi) is 4.98. The minimum Gasteiger partial charge on any atom is -0.466 e. The number of carbonyl (C=O) groups excluding carboxylic acids is 2. The lowest BCUT2D eigenvalue weighted by molar-refractivity contribution is -0.126. The molecule has 1 aromatic heterocycles. The molecule has 7 nitrogen and oxygen atoms in total. The SMILES string of the molecule is Cc1cc(C(=O)N2CCCC[C@H]2C(=O)NCc2ccc3c(c2)OCO3)c(C)o1. The number of fused-ring (bicyclic) bond motifs is 1. The predicted octanol–water partition coefficient (Wildman–Crippen LogP) is 2.94. The Labute approximate surface area is 163 Å². The fourth-order valence-corrected chi connectivity index (χ4v) is 3.80. The number of benzene rings is 1. The summed E-state index contributed by atoms with van der Waals surface area (Å²) < 4.78 is 16.2. The normalized spacial score (nSPS) is 18.2. The van der Waals surface area contributed by atoms with Crippen molar-refractivity contribution in [2.45, 2.75) is 45.7 Å². The summed E-state index contributed by atoms with van der Waals surface area (Å²) in [5.74, 6) is 2.41. The molecule has 1 N–H and O–H groups in total. The minimum absolute atomic E-state index is 0.136. The second kappa shape index (κ2) is 7.58. The summed E-state index contributed by atoms with van der Waals surface area (Å²) in [5, 5.41) is 2.96. The second-order valence-corrected chi connectivity index (χ2v) is 7.24. The van der Waals surface area contributed by atoms with Gasteiger partial charge in [0.1, 0.15) is 17.6 Å². The molecule has 1 fully saturated rings. The Morgan fingerprint density at radius 1 is 1.14 bits per heavy atom. The Hall–Kier alpha value is -2.96. The highest BCUT2D eigenvalue weighted by Gasteiger charge is 2.33. The maximum absolute atomic E-state index is 13.0. The van der Waals surface area contributed by atoms with Gasteiger partial charge in [-0.1, -0.05) is 6.07 Å². The zero-order valence-corrected chi connectivity index (χ0v) is 16.1. The van der Waals surface area contributed by atoms with Crippen LogP contribution in [0.4, 0.5) is 0 Å². The van der Waals surface area contributed by atoms with E-state index in [-0.39, 0.29) is 18.6 Å². The molecule has 2 aliphatic heterocycles. The van der Waals surface area contributed by atoms with Gasteiger partial charge in [-0.25, -0.2) is 0 Å². The van der Waals surface area contributed by atoms with E-state index < -0.39 is 6.04 Å². The number of likely N-dealkylation sites (tertiary alicyclic amines) is 1. The number of rotatable bonds is 4. The van der Waals surface area contributed by atoms with E-state index >= 15 is 0 Å².